The summed E-state index contributed by atoms with van der Waals surface area (Å²) >= 11 is 0. The van der Waals surface area contributed by atoms with E-state index in [1.165, 1.54) is 0 Å². The van der Waals surface area contributed by atoms with Gasteiger partial charge in [-0.25, -0.2) is 24.8 Å². The molecule has 0 amide bonds. The van der Waals surface area contributed by atoms with Crippen LogP contribution in [-0.4, -0.2) is 24.5 Å². The average molecular weight is 898 g/mol. The molecule has 10 heteroatoms. The average Bonchev–Trinajstić information content (AvgIpc) is 3.74. The Morgan fingerprint density at radius 1 is 0.449 bits per heavy atom. The molecule has 0 spiro atoms. The van der Waals surface area contributed by atoms with Crippen LogP contribution in [0.15, 0.2) is 206 Å². The molecule has 0 aliphatic heterocycles. The maximum Gasteiger partial charge on any atom is 0.416 e. The summed E-state index contributed by atoms with van der Waals surface area (Å²) < 4.78 is 49.2. The molecule has 0 saturated heterocycles. The second-order valence-corrected chi connectivity index (χ2v) is 16.4. The topological polar surface area (TPSA) is 84.6 Å². The van der Waals surface area contributed by atoms with Crippen molar-refractivity contribution >= 4 is 27.5 Å². The highest BCUT2D eigenvalue weighted by atomic mass is 19.4. The number of aromatic nitrogens is 5. The van der Waals surface area contributed by atoms with Crippen LogP contribution in [0.1, 0.15) is 11.1 Å². The Balaban J connectivity index is 1.29. The standard InChI is InChI=1S/C59H34F3N7/c1-64-45-29-37(36-63)28-43(30-45)42-26-27-55-47(31-42)46-24-14-15-25-54(46)69(55)56-48(53-35-52(40-20-10-4-11-21-40)65-57(68-53)41-22-12-5-13-23-41)32-44(59(60,61)62)33-49(56)58-66-50(38-16-6-2-7-17-38)34-51(67-58)39-18-8-3-9-19-39/h2-35H. The maximum absolute atomic E-state index is 15.7. The van der Waals surface area contributed by atoms with Gasteiger partial charge in [-0.1, -0.05) is 146 Å². The van der Waals surface area contributed by atoms with Gasteiger partial charge in [-0.3, -0.25) is 0 Å². The number of alkyl halides is 3. The zero-order valence-corrected chi connectivity index (χ0v) is 36.4. The number of nitriles is 1. The predicted molar refractivity (Wildman–Crippen MR) is 266 cm³/mol. The first-order chi connectivity index (χ1) is 33.7. The Bertz CT molecular complexity index is 3540. The first kappa shape index (κ1) is 42.1. The van der Waals surface area contributed by atoms with Crippen LogP contribution in [-0.2, 0) is 6.18 Å². The van der Waals surface area contributed by atoms with Crippen molar-refractivity contribution in [3.8, 4) is 90.7 Å². The van der Waals surface area contributed by atoms with Gasteiger partial charge in [0.1, 0.15) is 0 Å². The molecule has 0 atom stereocenters. The molecule has 326 valence electrons. The molecule has 8 aromatic carbocycles. The van der Waals surface area contributed by atoms with Gasteiger partial charge in [-0.05, 0) is 71.8 Å². The molecule has 11 aromatic rings. The van der Waals surface area contributed by atoms with Crippen LogP contribution < -0.4 is 0 Å². The SMILES string of the molecule is [C-]#[N+]c1cc(C#N)cc(-c2ccc3c(c2)c2ccccc2n3-c2c(-c3cc(-c4ccccc4)nc(-c4ccccc4)n3)cc(C(F)(F)F)cc2-c2nc(-c3ccccc3)cc(-c3ccccc3)n2)c1. The Labute approximate surface area is 394 Å². The van der Waals surface area contributed by atoms with Crippen molar-refractivity contribution in [2.24, 2.45) is 0 Å². The van der Waals surface area contributed by atoms with E-state index >= 15 is 13.2 Å². The molecule has 0 unspecified atom stereocenters. The zero-order chi connectivity index (χ0) is 47.1. The quantitative estimate of drug-likeness (QED) is 0.142. The minimum absolute atomic E-state index is 0.0701. The molecule has 69 heavy (non-hydrogen) atoms. The highest BCUT2D eigenvalue weighted by Gasteiger charge is 2.35. The van der Waals surface area contributed by atoms with E-state index in [4.69, 9.17) is 26.5 Å². The molecule has 0 saturated carbocycles. The lowest BCUT2D eigenvalue weighted by molar-refractivity contribution is -0.137. The Kier molecular flexibility index (Phi) is 10.6. The number of benzene rings is 8. The molecule has 7 nitrogen and oxygen atoms in total. The zero-order valence-electron chi connectivity index (χ0n) is 36.4. The summed E-state index contributed by atoms with van der Waals surface area (Å²) in [6.07, 6.45) is -4.81. The molecule has 0 fully saturated rings. The number of para-hydroxylation sites is 1. The summed E-state index contributed by atoms with van der Waals surface area (Å²) in [6, 6.07) is 64.5. The number of fused-ring (bicyclic) bond motifs is 3. The minimum atomic E-state index is -4.81. The fourth-order valence-electron chi connectivity index (χ4n) is 8.84. The Morgan fingerprint density at radius 2 is 0.957 bits per heavy atom. The Hall–Kier alpha value is -9.51. The highest BCUT2D eigenvalue weighted by Crippen LogP contribution is 2.46. The normalized spacial score (nSPS) is 11.4. The Morgan fingerprint density at radius 3 is 1.54 bits per heavy atom. The largest absolute Gasteiger partial charge is 0.416 e. The second kappa shape index (κ2) is 17.4. The summed E-state index contributed by atoms with van der Waals surface area (Å²) in [5.74, 6) is 0.400. The summed E-state index contributed by atoms with van der Waals surface area (Å²) in [4.78, 5) is 24.0. The first-order valence-electron chi connectivity index (χ1n) is 21.9. The summed E-state index contributed by atoms with van der Waals surface area (Å²) in [6.45, 7) is 7.72. The molecule has 11 rings (SSSR count). The lowest BCUT2D eigenvalue weighted by Gasteiger charge is -2.22. The fourth-order valence-corrected chi connectivity index (χ4v) is 8.84. The van der Waals surface area contributed by atoms with Crippen molar-refractivity contribution in [3.63, 3.8) is 0 Å². The number of rotatable bonds is 8. The van der Waals surface area contributed by atoms with E-state index in [9.17, 15) is 5.26 Å². The first-order valence-corrected chi connectivity index (χ1v) is 21.9. The maximum atomic E-state index is 15.7. The predicted octanol–water partition coefficient (Wildman–Crippen LogP) is 15.5. The smallest absolute Gasteiger partial charge is 0.308 e. The third-order valence-electron chi connectivity index (χ3n) is 12.1. The molecular weight excluding hydrogens is 864 g/mol. The number of hydrogen-bond acceptors (Lipinski definition) is 5. The molecule has 0 N–H and O–H groups in total. The molecular formula is C59H34F3N7. The molecule has 0 aliphatic carbocycles. The van der Waals surface area contributed by atoms with E-state index in [-0.39, 0.29) is 22.6 Å². The molecule has 0 bridgehead atoms. The van der Waals surface area contributed by atoms with E-state index in [1.54, 1.807) is 24.3 Å². The highest BCUT2D eigenvalue weighted by molar-refractivity contribution is 6.12. The van der Waals surface area contributed by atoms with Gasteiger partial charge < -0.3 is 4.57 Å². The van der Waals surface area contributed by atoms with Gasteiger partial charge >= 0.3 is 6.18 Å². The van der Waals surface area contributed by atoms with Gasteiger partial charge in [0.05, 0.1) is 57.7 Å². The van der Waals surface area contributed by atoms with Crippen LogP contribution in [0.5, 0.6) is 0 Å². The van der Waals surface area contributed by atoms with Gasteiger partial charge in [0.25, 0.3) is 0 Å². The van der Waals surface area contributed by atoms with Crippen LogP contribution in [0, 0.1) is 17.9 Å². The summed E-state index contributed by atoms with van der Waals surface area (Å²) in [5.41, 5.74) is 7.98. The number of hydrogen-bond donors (Lipinski definition) is 0. The van der Waals surface area contributed by atoms with Crippen molar-refractivity contribution in [2.75, 3.05) is 0 Å². The van der Waals surface area contributed by atoms with Gasteiger partial charge in [0, 0.05) is 49.7 Å². The number of halogens is 3. The van der Waals surface area contributed by atoms with Gasteiger partial charge in [0.15, 0.2) is 17.3 Å². The third kappa shape index (κ3) is 8.03. The third-order valence-corrected chi connectivity index (χ3v) is 12.1. The van der Waals surface area contributed by atoms with Crippen molar-refractivity contribution in [1.29, 1.82) is 5.26 Å². The summed E-state index contributed by atoms with van der Waals surface area (Å²) in [7, 11) is 0. The lowest BCUT2D eigenvalue weighted by atomic mass is 9.96. The monoisotopic (exact) mass is 897 g/mol. The molecule has 0 radical (unpaired) electrons. The van der Waals surface area contributed by atoms with Crippen molar-refractivity contribution in [3.05, 3.63) is 229 Å². The molecule has 3 aromatic heterocycles. The second-order valence-electron chi connectivity index (χ2n) is 16.4. The van der Waals surface area contributed by atoms with Crippen LogP contribution in [0.2, 0.25) is 0 Å². The van der Waals surface area contributed by atoms with E-state index in [0.29, 0.717) is 62.0 Å². The van der Waals surface area contributed by atoms with E-state index in [0.717, 1.165) is 45.2 Å². The van der Waals surface area contributed by atoms with Gasteiger partial charge in [-0.15, -0.1) is 0 Å². The molecule has 3 heterocycles. The van der Waals surface area contributed by atoms with Crippen molar-refractivity contribution < 1.29 is 13.2 Å². The van der Waals surface area contributed by atoms with Gasteiger partial charge in [-0.2, -0.15) is 18.4 Å². The van der Waals surface area contributed by atoms with E-state index in [2.05, 4.69) is 10.9 Å². The van der Waals surface area contributed by atoms with Crippen LogP contribution in [0.4, 0.5) is 18.9 Å². The van der Waals surface area contributed by atoms with Crippen LogP contribution >= 0.6 is 0 Å². The number of nitrogens with zero attached hydrogens (tertiary/aromatic N) is 7. The minimum Gasteiger partial charge on any atom is -0.308 e. The van der Waals surface area contributed by atoms with Crippen molar-refractivity contribution in [2.45, 2.75) is 6.18 Å². The lowest BCUT2D eigenvalue weighted by Crippen LogP contribution is -2.11. The fraction of sp³-hybridized carbons (Fsp3) is 0.0169. The van der Waals surface area contributed by atoms with Crippen LogP contribution in [0.3, 0.4) is 0 Å². The van der Waals surface area contributed by atoms with E-state index in [1.807, 2.05) is 174 Å². The summed E-state index contributed by atoms with van der Waals surface area (Å²) in [5, 5.41) is 11.5. The van der Waals surface area contributed by atoms with Crippen molar-refractivity contribution in [1.82, 2.24) is 24.5 Å². The van der Waals surface area contributed by atoms with Gasteiger partial charge in [0.2, 0.25) is 0 Å². The van der Waals surface area contributed by atoms with Crippen LogP contribution in [0.25, 0.3) is 111 Å². The molecule has 0 aliphatic rings. The van der Waals surface area contributed by atoms with E-state index < -0.39 is 11.7 Å².